The molecule has 3 heteroatoms. The maximum Gasteiger partial charge on any atom is 0.0638 e. The topological polar surface area (TPSA) is 36.3 Å². The van der Waals surface area contributed by atoms with Gasteiger partial charge in [0.2, 0.25) is 0 Å². The first-order valence-corrected chi connectivity index (χ1v) is 5.48. The third-order valence-corrected chi connectivity index (χ3v) is 2.45. The van der Waals surface area contributed by atoms with Crippen molar-refractivity contribution in [1.82, 2.24) is 4.90 Å². The second kappa shape index (κ2) is 8.98. The molecule has 0 aliphatic heterocycles. The highest BCUT2D eigenvalue weighted by Gasteiger charge is 2.13. The number of nitriles is 1. The van der Waals surface area contributed by atoms with Crippen LogP contribution in [-0.4, -0.2) is 37.2 Å². The third-order valence-electron chi connectivity index (χ3n) is 2.45. The Labute approximate surface area is 87.7 Å². The standard InChI is InChI=1S/C11H22N2O/c1-4-11(7-8-12)13(5-2)9-10-14-6-3/h11H,4-7,9-10H2,1-3H3. The maximum atomic E-state index is 8.68. The normalized spacial score (nSPS) is 12.8. The zero-order valence-electron chi connectivity index (χ0n) is 9.62. The Balaban J connectivity index is 3.89. The highest BCUT2D eigenvalue weighted by molar-refractivity contribution is 4.81. The van der Waals surface area contributed by atoms with Crippen LogP contribution in [-0.2, 0) is 4.74 Å². The molecule has 0 amide bonds. The van der Waals surface area contributed by atoms with Crippen molar-refractivity contribution in [2.24, 2.45) is 0 Å². The average molecular weight is 198 g/mol. The van der Waals surface area contributed by atoms with Crippen LogP contribution in [0.15, 0.2) is 0 Å². The van der Waals surface area contributed by atoms with Gasteiger partial charge in [0, 0.05) is 19.2 Å². The summed E-state index contributed by atoms with van der Waals surface area (Å²) in [6.07, 6.45) is 1.66. The minimum Gasteiger partial charge on any atom is -0.380 e. The van der Waals surface area contributed by atoms with E-state index in [1.54, 1.807) is 0 Å². The van der Waals surface area contributed by atoms with Crippen LogP contribution in [0.5, 0.6) is 0 Å². The molecule has 0 saturated carbocycles. The van der Waals surface area contributed by atoms with Crippen LogP contribution in [0.3, 0.4) is 0 Å². The summed E-state index contributed by atoms with van der Waals surface area (Å²) in [6, 6.07) is 2.64. The van der Waals surface area contributed by atoms with E-state index in [1.165, 1.54) is 0 Å². The number of likely N-dealkylation sites (N-methyl/N-ethyl adjacent to an activating group) is 1. The second-order valence-corrected chi connectivity index (χ2v) is 3.25. The zero-order chi connectivity index (χ0) is 10.8. The molecule has 1 atom stereocenters. The van der Waals surface area contributed by atoms with Crippen LogP contribution in [0.1, 0.15) is 33.6 Å². The Kier molecular flexibility index (Phi) is 8.61. The van der Waals surface area contributed by atoms with E-state index in [4.69, 9.17) is 10.00 Å². The van der Waals surface area contributed by atoms with Crippen molar-refractivity contribution in [3.63, 3.8) is 0 Å². The van der Waals surface area contributed by atoms with E-state index in [0.717, 1.165) is 32.7 Å². The van der Waals surface area contributed by atoms with Gasteiger partial charge in [0.15, 0.2) is 0 Å². The van der Waals surface area contributed by atoms with E-state index in [1.807, 2.05) is 6.92 Å². The van der Waals surface area contributed by atoms with Crippen molar-refractivity contribution in [3.05, 3.63) is 0 Å². The van der Waals surface area contributed by atoms with Crippen LogP contribution >= 0.6 is 0 Å². The van der Waals surface area contributed by atoms with Crippen molar-refractivity contribution in [2.45, 2.75) is 39.7 Å². The van der Waals surface area contributed by atoms with Gasteiger partial charge in [-0.3, -0.25) is 4.90 Å². The van der Waals surface area contributed by atoms with Gasteiger partial charge in [-0.25, -0.2) is 0 Å². The molecule has 0 rings (SSSR count). The molecular formula is C11H22N2O. The fourth-order valence-electron chi connectivity index (χ4n) is 1.56. The summed E-state index contributed by atoms with van der Waals surface area (Å²) < 4.78 is 5.31. The van der Waals surface area contributed by atoms with Crippen molar-refractivity contribution in [3.8, 4) is 6.07 Å². The molecule has 0 saturated heterocycles. The average Bonchev–Trinajstić information content (AvgIpc) is 2.22. The number of nitrogens with zero attached hydrogens (tertiary/aromatic N) is 2. The molecule has 3 nitrogen and oxygen atoms in total. The quantitative estimate of drug-likeness (QED) is 0.560. The first kappa shape index (κ1) is 13.4. The first-order valence-electron chi connectivity index (χ1n) is 5.48. The zero-order valence-corrected chi connectivity index (χ0v) is 9.62. The Morgan fingerprint density at radius 2 is 2.07 bits per heavy atom. The molecule has 14 heavy (non-hydrogen) atoms. The molecule has 0 aromatic heterocycles. The first-order chi connectivity index (χ1) is 6.79. The Bertz CT molecular complexity index is 165. The Morgan fingerprint density at radius 3 is 2.50 bits per heavy atom. The van der Waals surface area contributed by atoms with Gasteiger partial charge in [-0.05, 0) is 19.9 Å². The summed E-state index contributed by atoms with van der Waals surface area (Å²) in [5.41, 5.74) is 0. The van der Waals surface area contributed by atoms with Crippen molar-refractivity contribution in [2.75, 3.05) is 26.3 Å². The largest absolute Gasteiger partial charge is 0.380 e. The van der Waals surface area contributed by atoms with Crippen molar-refractivity contribution in [1.29, 1.82) is 5.26 Å². The van der Waals surface area contributed by atoms with Crippen LogP contribution in [0.25, 0.3) is 0 Å². The van der Waals surface area contributed by atoms with E-state index >= 15 is 0 Å². The molecule has 0 aliphatic rings. The minimum absolute atomic E-state index is 0.394. The summed E-state index contributed by atoms with van der Waals surface area (Å²) in [7, 11) is 0. The van der Waals surface area contributed by atoms with Crippen LogP contribution < -0.4 is 0 Å². The molecule has 0 radical (unpaired) electrons. The minimum atomic E-state index is 0.394. The highest BCUT2D eigenvalue weighted by atomic mass is 16.5. The summed E-state index contributed by atoms with van der Waals surface area (Å²) in [5, 5.41) is 8.68. The molecule has 0 heterocycles. The molecule has 1 unspecified atom stereocenters. The lowest BCUT2D eigenvalue weighted by Crippen LogP contribution is -2.37. The maximum absolute atomic E-state index is 8.68. The smallest absolute Gasteiger partial charge is 0.0638 e. The summed E-state index contributed by atoms with van der Waals surface area (Å²) in [5.74, 6) is 0. The van der Waals surface area contributed by atoms with Gasteiger partial charge >= 0.3 is 0 Å². The summed E-state index contributed by atoms with van der Waals surface area (Å²) in [4.78, 5) is 2.32. The van der Waals surface area contributed by atoms with Crippen molar-refractivity contribution >= 4 is 0 Å². The van der Waals surface area contributed by atoms with Crippen LogP contribution in [0.4, 0.5) is 0 Å². The van der Waals surface area contributed by atoms with Gasteiger partial charge in [0.25, 0.3) is 0 Å². The predicted molar refractivity (Wildman–Crippen MR) is 58.0 cm³/mol. The second-order valence-electron chi connectivity index (χ2n) is 3.25. The van der Waals surface area contributed by atoms with Gasteiger partial charge < -0.3 is 4.74 Å². The Hall–Kier alpha value is -0.590. The van der Waals surface area contributed by atoms with E-state index in [0.29, 0.717) is 12.5 Å². The molecule has 0 spiro atoms. The fourth-order valence-corrected chi connectivity index (χ4v) is 1.56. The van der Waals surface area contributed by atoms with Gasteiger partial charge in [-0.1, -0.05) is 13.8 Å². The third kappa shape index (κ3) is 5.21. The summed E-state index contributed by atoms with van der Waals surface area (Å²) in [6.45, 7) is 9.73. The molecule has 0 N–H and O–H groups in total. The van der Waals surface area contributed by atoms with Gasteiger partial charge in [-0.15, -0.1) is 0 Å². The molecular weight excluding hydrogens is 176 g/mol. The lowest BCUT2D eigenvalue weighted by atomic mass is 10.1. The molecule has 0 fully saturated rings. The molecule has 0 bridgehead atoms. The SMILES string of the molecule is CCOCCN(CC)C(CC)CC#N. The van der Waals surface area contributed by atoms with Crippen LogP contribution in [0, 0.1) is 11.3 Å². The van der Waals surface area contributed by atoms with E-state index in [2.05, 4.69) is 24.8 Å². The van der Waals surface area contributed by atoms with Gasteiger partial charge in [0.1, 0.15) is 0 Å². The molecule has 0 aromatic rings. The van der Waals surface area contributed by atoms with Gasteiger partial charge in [-0.2, -0.15) is 5.26 Å². The molecule has 0 aromatic carbocycles. The monoisotopic (exact) mass is 198 g/mol. The number of rotatable bonds is 8. The lowest BCUT2D eigenvalue weighted by Gasteiger charge is -2.27. The summed E-state index contributed by atoms with van der Waals surface area (Å²) >= 11 is 0. The van der Waals surface area contributed by atoms with Crippen LogP contribution in [0.2, 0.25) is 0 Å². The molecule has 82 valence electrons. The van der Waals surface area contributed by atoms with E-state index in [-0.39, 0.29) is 0 Å². The van der Waals surface area contributed by atoms with Crippen molar-refractivity contribution < 1.29 is 4.74 Å². The van der Waals surface area contributed by atoms with Gasteiger partial charge in [0.05, 0.1) is 19.1 Å². The number of ether oxygens (including phenoxy) is 1. The van der Waals surface area contributed by atoms with E-state index in [9.17, 15) is 0 Å². The Morgan fingerprint density at radius 1 is 1.36 bits per heavy atom. The number of hydrogen-bond donors (Lipinski definition) is 0. The lowest BCUT2D eigenvalue weighted by molar-refractivity contribution is 0.0962. The molecule has 0 aliphatic carbocycles. The predicted octanol–water partition coefficient (Wildman–Crippen LogP) is 2.04. The van der Waals surface area contributed by atoms with E-state index < -0.39 is 0 Å². The fraction of sp³-hybridized carbons (Fsp3) is 0.909. The highest BCUT2D eigenvalue weighted by Crippen LogP contribution is 2.07. The number of hydrogen-bond acceptors (Lipinski definition) is 3.